The van der Waals surface area contributed by atoms with Crippen LogP contribution in [0.4, 0.5) is 0 Å². The van der Waals surface area contributed by atoms with Gasteiger partial charge in [0.25, 0.3) is 0 Å². The highest BCUT2D eigenvalue weighted by Crippen LogP contribution is 2.70. The Morgan fingerprint density at radius 3 is 2.38 bits per heavy atom. The van der Waals surface area contributed by atoms with Gasteiger partial charge in [-0.05, 0) is 68.1 Å². The van der Waals surface area contributed by atoms with E-state index in [1.54, 1.807) is 0 Å². The number of fused-ring (bicyclic) bond motifs is 9. The first kappa shape index (κ1) is 9.95. The predicted octanol–water partition coefficient (Wildman–Crippen LogP) is 3.46. The summed E-state index contributed by atoms with van der Waals surface area (Å²) >= 11 is 0. The van der Waals surface area contributed by atoms with Crippen LogP contribution in [0.25, 0.3) is 0 Å². The molecule has 0 aliphatic heterocycles. The summed E-state index contributed by atoms with van der Waals surface area (Å²) in [5.41, 5.74) is 0.575. The normalized spacial score (nSPS) is 57.2. The molecule has 4 bridgehead atoms. The van der Waals surface area contributed by atoms with Crippen molar-refractivity contribution in [1.29, 1.82) is 0 Å². The van der Waals surface area contributed by atoms with Gasteiger partial charge >= 0.3 is 0 Å². The summed E-state index contributed by atoms with van der Waals surface area (Å²) in [6, 6.07) is 0. The lowest BCUT2D eigenvalue weighted by molar-refractivity contribution is 0.208. The van der Waals surface area contributed by atoms with Gasteiger partial charge in [-0.25, -0.2) is 0 Å². The molecule has 4 aliphatic rings. The topological polar surface area (TPSA) is 17.1 Å². The molecule has 1 nitrogen and oxygen atoms in total. The predicted molar refractivity (Wildman–Crippen MR) is 67.2 cm³/mol. The van der Waals surface area contributed by atoms with E-state index in [1.165, 1.54) is 19.3 Å². The van der Waals surface area contributed by atoms with Gasteiger partial charge in [0.15, 0.2) is 0 Å². The molecule has 0 spiro atoms. The Bertz CT molecular complexity index is 407. The molecule has 2 heteroatoms. The van der Waals surface area contributed by atoms with E-state index in [9.17, 15) is 4.57 Å². The molecule has 4 aliphatic carbocycles. The molecule has 0 aromatic heterocycles. The molecule has 3 saturated carbocycles. The SMILES string of the molecule is CP(C)(=O)C1CC2CC1C1C3C=CC(C3)C21. The Kier molecular flexibility index (Phi) is 1.78. The van der Waals surface area contributed by atoms with Crippen LogP contribution in [-0.4, -0.2) is 19.0 Å². The zero-order valence-corrected chi connectivity index (χ0v) is 11.1. The van der Waals surface area contributed by atoms with Crippen LogP contribution in [0.3, 0.4) is 0 Å². The van der Waals surface area contributed by atoms with E-state index in [0.717, 1.165) is 35.5 Å². The summed E-state index contributed by atoms with van der Waals surface area (Å²) in [5.74, 6) is 5.41. The van der Waals surface area contributed by atoms with Crippen molar-refractivity contribution in [3.63, 3.8) is 0 Å². The van der Waals surface area contributed by atoms with Gasteiger partial charge in [-0.2, -0.15) is 0 Å². The highest BCUT2D eigenvalue weighted by molar-refractivity contribution is 7.63. The zero-order valence-electron chi connectivity index (χ0n) is 10.2. The first-order valence-electron chi connectivity index (χ1n) is 6.78. The van der Waals surface area contributed by atoms with E-state index in [1.807, 2.05) is 13.3 Å². The fourth-order valence-corrected chi connectivity index (χ4v) is 7.72. The van der Waals surface area contributed by atoms with Gasteiger partial charge in [-0.1, -0.05) is 12.2 Å². The molecule has 16 heavy (non-hydrogen) atoms. The third-order valence-electron chi connectivity index (χ3n) is 6.03. The van der Waals surface area contributed by atoms with Crippen LogP contribution < -0.4 is 0 Å². The second-order valence-electron chi connectivity index (χ2n) is 7.00. The van der Waals surface area contributed by atoms with Crippen LogP contribution in [0.1, 0.15) is 19.3 Å². The van der Waals surface area contributed by atoms with Gasteiger partial charge in [0.05, 0.1) is 7.14 Å². The van der Waals surface area contributed by atoms with Gasteiger partial charge in [-0.15, -0.1) is 0 Å². The van der Waals surface area contributed by atoms with E-state index in [-0.39, 0.29) is 0 Å². The second kappa shape index (κ2) is 2.86. The van der Waals surface area contributed by atoms with Crippen LogP contribution in [0.5, 0.6) is 0 Å². The lowest BCUT2D eigenvalue weighted by Gasteiger charge is -2.38. The van der Waals surface area contributed by atoms with Crippen molar-refractivity contribution in [2.24, 2.45) is 35.5 Å². The molecular formula is C14H21OP. The summed E-state index contributed by atoms with van der Waals surface area (Å²) in [5, 5.41) is 0. The summed E-state index contributed by atoms with van der Waals surface area (Å²) in [6.07, 6.45) is 9.07. The summed E-state index contributed by atoms with van der Waals surface area (Å²) in [7, 11) is -1.85. The molecule has 3 fully saturated rings. The Labute approximate surface area is 98.1 Å². The molecule has 0 radical (unpaired) electrons. The van der Waals surface area contributed by atoms with Gasteiger partial charge < -0.3 is 4.57 Å². The highest BCUT2D eigenvalue weighted by atomic mass is 31.2. The van der Waals surface area contributed by atoms with Crippen molar-refractivity contribution in [1.82, 2.24) is 0 Å². The average molecular weight is 236 g/mol. The minimum absolute atomic E-state index is 0.575. The number of allylic oxidation sites excluding steroid dienone is 2. The van der Waals surface area contributed by atoms with Gasteiger partial charge in [0, 0.05) is 5.66 Å². The summed E-state index contributed by atoms with van der Waals surface area (Å²) in [4.78, 5) is 0. The van der Waals surface area contributed by atoms with Crippen LogP contribution in [-0.2, 0) is 4.57 Å². The van der Waals surface area contributed by atoms with Gasteiger partial charge in [0.2, 0.25) is 0 Å². The largest absolute Gasteiger partial charge is 0.324 e. The molecule has 4 rings (SSSR count). The molecule has 0 N–H and O–H groups in total. The van der Waals surface area contributed by atoms with E-state index in [4.69, 9.17) is 0 Å². The first-order chi connectivity index (χ1) is 7.55. The monoisotopic (exact) mass is 236 g/mol. The molecule has 0 heterocycles. The van der Waals surface area contributed by atoms with Crippen molar-refractivity contribution in [2.45, 2.75) is 24.9 Å². The van der Waals surface area contributed by atoms with E-state index in [2.05, 4.69) is 12.2 Å². The van der Waals surface area contributed by atoms with Crippen molar-refractivity contribution < 1.29 is 4.57 Å². The van der Waals surface area contributed by atoms with E-state index >= 15 is 0 Å². The molecular weight excluding hydrogens is 215 g/mol. The minimum atomic E-state index is -1.85. The number of rotatable bonds is 1. The standard InChI is InChI=1S/C14H21OP/c1-16(2,15)12-7-10-6-11(12)14-9-4-3-8(5-9)13(10)14/h3-4,8-14H,5-7H2,1-2H3. The molecule has 0 amide bonds. The average Bonchev–Trinajstić information content (AvgIpc) is 2.94. The smallest absolute Gasteiger partial charge is 0.0851 e. The van der Waals surface area contributed by atoms with E-state index in [0.29, 0.717) is 5.66 Å². The van der Waals surface area contributed by atoms with Gasteiger partial charge in [-0.3, -0.25) is 0 Å². The van der Waals surface area contributed by atoms with Crippen molar-refractivity contribution in [2.75, 3.05) is 13.3 Å². The van der Waals surface area contributed by atoms with Gasteiger partial charge in [0.1, 0.15) is 0 Å². The van der Waals surface area contributed by atoms with Crippen molar-refractivity contribution in [3.05, 3.63) is 12.2 Å². The summed E-state index contributed by atoms with van der Waals surface area (Å²) in [6.45, 7) is 4.05. The second-order valence-corrected chi connectivity index (χ2v) is 10.5. The van der Waals surface area contributed by atoms with Crippen LogP contribution >= 0.6 is 7.14 Å². The Balaban J connectivity index is 1.71. The Morgan fingerprint density at radius 1 is 1.00 bits per heavy atom. The van der Waals surface area contributed by atoms with Crippen LogP contribution in [0, 0.1) is 35.5 Å². The first-order valence-corrected chi connectivity index (χ1v) is 9.46. The maximum Gasteiger partial charge on any atom is 0.0851 e. The quantitative estimate of drug-likeness (QED) is 0.387. The van der Waals surface area contributed by atoms with Crippen molar-refractivity contribution >= 4 is 7.14 Å². The minimum Gasteiger partial charge on any atom is -0.324 e. The third kappa shape index (κ3) is 1.07. The molecule has 7 atom stereocenters. The number of hydrogen-bond acceptors (Lipinski definition) is 1. The number of hydrogen-bond donors (Lipinski definition) is 0. The summed E-state index contributed by atoms with van der Waals surface area (Å²) < 4.78 is 12.4. The molecule has 0 aromatic rings. The molecule has 0 aromatic carbocycles. The lowest BCUT2D eigenvalue weighted by atomic mass is 9.73. The Hall–Kier alpha value is -0.0300. The molecule has 7 unspecified atom stereocenters. The highest BCUT2D eigenvalue weighted by Gasteiger charge is 2.62. The molecule has 0 saturated heterocycles. The zero-order chi connectivity index (χ0) is 11.1. The van der Waals surface area contributed by atoms with E-state index < -0.39 is 7.14 Å². The fourth-order valence-electron chi connectivity index (χ4n) is 5.70. The maximum atomic E-state index is 12.4. The lowest BCUT2D eigenvalue weighted by Crippen LogP contribution is -2.33. The van der Waals surface area contributed by atoms with Crippen molar-refractivity contribution in [3.8, 4) is 0 Å². The third-order valence-corrected chi connectivity index (χ3v) is 8.22. The Morgan fingerprint density at radius 2 is 1.69 bits per heavy atom. The fraction of sp³-hybridized carbons (Fsp3) is 0.857. The maximum absolute atomic E-state index is 12.4. The molecule has 88 valence electrons. The van der Waals surface area contributed by atoms with Crippen LogP contribution in [0.15, 0.2) is 12.2 Å². The van der Waals surface area contributed by atoms with Crippen LogP contribution in [0.2, 0.25) is 0 Å².